The van der Waals surface area contributed by atoms with E-state index in [-0.39, 0.29) is 0 Å². The molecule has 0 radical (unpaired) electrons. The third kappa shape index (κ3) is 13.0. The molecule has 0 amide bonds. The van der Waals surface area contributed by atoms with Crippen LogP contribution in [0.4, 0.5) is 11.4 Å². The van der Waals surface area contributed by atoms with E-state index >= 15 is 0 Å². The van der Waals surface area contributed by atoms with Crippen molar-refractivity contribution in [2.24, 2.45) is 0 Å². The number of aryl methyl sites for hydroxylation is 2. The Morgan fingerprint density at radius 3 is 1.00 bits per heavy atom. The van der Waals surface area contributed by atoms with Gasteiger partial charge in [0.2, 0.25) is 0 Å². The highest BCUT2D eigenvalue weighted by Gasteiger charge is 2.10. The van der Waals surface area contributed by atoms with Crippen LogP contribution in [0, 0.1) is 0 Å². The highest BCUT2D eigenvalue weighted by atomic mass is 14.5. The Labute approximate surface area is 316 Å². The molecule has 4 N–H and O–H groups in total. The third-order valence-electron chi connectivity index (χ3n) is 10.7. The Balaban J connectivity index is 1.24. The summed E-state index contributed by atoms with van der Waals surface area (Å²) in [6.45, 7) is 4.58. The van der Waals surface area contributed by atoms with Gasteiger partial charge in [-0.25, -0.2) is 0 Å². The Bertz CT molecular complexity index is 1620. The molecule has 5 aromatic carbocycles. The second-order valence-electron chi connectivity index (χ2n) is 15.2. The van der Waals surface area contributed by atoms with Crippen molar-refractivity contribution in [3.05, 3.63) is 165 Å². The van der Waals surface area contributed by atoms with E-state index in [1.807, 2.05) is 24.3 Å². The SMILES string of the molecule is CCCCCCCCc1cc(Cc2ccc(Cc3ccc(Cc4ccc(N)cc4)c(CCCCCCCC)c3)cc2)ccc1Cc1ccc(N)cc1. The maximum Gasteiger partial charge on any atom is 0.0314 e. The van der Waals surface area contributed by atoms with Gasteiger partial charge in [-0.05, 0) is 131 Å². The molecule has 0 saturated carbocycles. The van der Waals surface area contributed by atoms with Gasteiger partial charge in [0.25, 0.3) is 0 Å². The Morgan fingerprint density at radius 2 is 0.615 bits per heavy atom. The summed E-state index contributed by atoms with van der Waals surface area (Å²) in [6.07, 6.45) is 22.1. The van der Waals surface area contributed by atoms with Gasteiger partial charge in [-0.15, -0.1) is 0 Å². The lowest BCUT2D eigenvalue weighted by atomic mass is 9.91. The van der Waals surface area contributed by atoms with Crippen LogP contribution in [-0.4, -0.2) is 0 Å². The lowest BCUT2D eigenvalue weighted by molar-refractivity contribution is 0.606. The number of unbranched alkanes of at least 4 members (excludes halogenated alkanes) is 10. The summed E-state index contributed by atoms with van der Waals surface area (Å²) in [6, 6.07) is 40.6. The first-order chi connectivity index (χ1) is 25.5. The number of hydrogen-bond acceptors (Lipinski definition) is 2. The fraction of sp³-hybridized carbons (Fsp3) is 0.400. The van der Waals surface area contributed by atoms with Crippen LogP contribution in [0.15, 0.2) is 109 Å². The van der Waals surface area contributed by atoms with Crippen LogP contribution >= 0.6 is 0 Å². The molecule has 0 bridgehead atoms. The van der Waals surface area contributed by atoms with E-state index in [2.05, 4.69) is 98.8 Å². The molecule has 0 fully saturated rings. The molecule has 0 saturated heterocycles. The molecule has 0 atom stereocenters. The lowest BCUT2D eigenvalue weighted by Gasteiger charge is -2.14. The second kappa shape index (κ2) is 21.3. The minimum Gasteiger partial charge on any atom is -0.399 e. The molecule has 0 heterocycles. The number of nitrogen functional groups attached to an aromatic ring is 2. The van der Waals surface area contributed by atoms with E-state index in [0.717, 1.165) is 49.9 Å². The minimum atomic E-state index is 0.828. The van der Waals surface area contributed by atoms with Gasteiger partial charge in [-0.2, -0.15) is 0 Å². The average molecular weight is 693 g/mol. The first-order valence-corrected chi connectivity index (χ1v) is 20.5. The first kappa shape index (κ1) is 38.9. The topological polar surface area (TPSA) is 52.0 Å². The standard InChI is InChI=1S/C50H64N2/c1-3-5-7-9-11-13-15-45-37-43(21-27-47(45)35-41-23-29-49(51)30-24-41)33-39-17-19-40(20-18-39)34-44-22-28-48(36-42-25-31-50(52)32-26-42)46(38-44)16-14-12-10-8-6-4-2/h17-32,37-38H,3-16,33-36,51-52H2,1-2H3. The third-order valence-corrected chi connectivity index (χ3v) is 10.7. The van der Waals surface area contributed by atoms with Gasteiger partial charge < -0.3 is 11.5 Å². The predicted molar refractivity (Wildman–Crippen MR) is 226 cm³/mol. The van der Waals surface area contributed by atoms with Crippen LogP contribution in [0.1, 0.15) is 147 Å². The van der Waals surface area contributed by atoms with E-state index in [4.69, 9.17) is 11.5 Å². The summed E-state index contributed by atoms with van der Waals surface area (Å²) in [5.74, 6) is 0. The van der Waals surface area contributed by atoms with E-state index < -0.39 is 0 Å². The summed E-state index contributed by atoms with van der Waals surface area (Å²) in [5.41, 5.74) is 27.8. The summed E-state index contributed by atoms with van der Waals surface area (Å²) in [7, 11) is 0. The molecule has 5 rings (SSSR count). The van der Waals surface area contributed by atoms with Gasteiger partial charge >= 0.3 is 0 Å². The van der Waals surface area contributed by atoms with E-state index in [9.17, 15) is 0 Å². The molecular formula is C50H64N2. The fourth-order valence-corrected chi connectivity index (χ4v) is 7.54. The lowest BCUT2D eigenvalue weighted by Crippen LogP contribution is -2.00. The summed E-state index contributed by atoms with van der Waals surface area (Å²) >= 11 is 0. The molecule has 5 aromatic rings. The normalized spacial score (nSPS) is 11.3. The van der Waals surface area contributed by atoms with Gasteiger partial charge in [0.1, 0.15) is 0 Å². The average Bonchev–Trinajstić information content (AvgIpc) is 3.15. The van der Waals surface area contributed by atoms with Crippen molar-refractivity contribution in [1.29, 1.82) is 0 Å². The Morgan fingerprint density at radius 1 is 0.308 bits per heavy atom. The molecule has 2 nitrogen and oxygen atoms in total. The van der Waals surface area contributed by atoms with Crippen molar-refractivity contribution >= 4 is 11.4 Å². The first-order valence-electron chi connectivity index (χ1n) is 20.5. The van der Waals surface area contributed by atoms with Crippen molar-refractivity contribution in [2.45, 2.75) is 129 Å². The molecule has 2 heteroatoms. The van der Waals surface area contributed by atoms with Gasteiger partial charge in [-0.1, -0.05) is 163 Å². The zero-order valence-electron chi connectivity index (χ0n) is 32.3. The van der Waals surface area contributed by atoms with Gasteiger partial charge in [-0.3, -0.25) is 0 Å². The maximum atomic E-state index is 5.97. The summed E-state index contributed by atoms with van der Waals surface area (Å²) in [4.78, 5) is 0. The van der Waals surface area contributed by atoms with Crippen molar-refractivity contribution < 1.29 is 0 Å². The number of hydrogen-bond donors (Lipinski definition) is 2. The summed E-state index contributed by atoms with van der Waals surface area (Å²) in [5, 5.41) is 0. The van der Waals surface area contributed by atoms with Crippen LogP contribution in [0.5, 0.6) is 0 Å². The zero-order valence-corrected chi connectivity index (χ0v) is 32.3. The monoisotopic (exact) mass is 693 g/mol. The van der Waals surface area contributed by atoms with Crippen LogP contribution in [-0.2, 0) is 38.5 Å². The van der Waals surface area contributed by atoms with Crippen LogP contribution in [0.3, 0.4) is 0 Å². The van der Waals surface area contributed by atoms with Crippen molar-refractivity contribution in [3.8, 4) is 0 Å². The molecule has 0 unspecified atom stereocenters. The molecule has 0 aromatic heterocycles. The van der Waals surface area contributed by atoms with Crippen molar-refractivity contribution in [3.63, 3.8) is 0 Å². The molecule has 52 heavy (non-hydrogen) atoms. The second-order valence-corrected chi connectivity index (χ2v) is 15.2. The van der Waals surface area contributed by atoms with Crippen LogP contribution in [0.2, 0.25) is 0 Å². The largest absolute Gasteiger partial charge is 0.399 e. The number of benzene rings is 5. The number of nitrogens with two attached hydrogens (primary N) is 2. The highest BCUT2D eigenvalue weighted by molar-refractivity contribution is 5.45. The molecular weight excluding hydrogens is 629 g/mol. The van der Waals surface area contributed by atoms with E-state index in [1.165, 1.54) is 133 Å². The van der Waals surface area contributed by atoms with Gasteiger partial charge in [0.05, 0.1) is 0 Å². The Hall–Kier alpha value is -4.30. The molecule has 0 spiro atoms. The van der Waals surface area contributed by atoms with Crippen molar-refractivity contribution in [1.82, 2.24) is 0 Å². The number of rotatable bonds is 22. The van der Waals surface area contributed by atoms with E-state index in [0.29, 0.717) is 0 Å². The van der Waals surface area contributed by atoms with E-state index in [1.54, 1.807) is 0 Å². The van der Waals surface area contributed by atoms with Crippen molar-refractivity contribution in [2.75, 3.05) is 11.5 Å². The fourth-order valence-electron chi connectivity index (χ4n) is 7.54. The quantitative estimate of drug-likeness (QED) is 0.0560. The number of anilines is 2. The molecule has 0 aliphatic heterocycles. The van der Waals surface area contributed by atoms with Crippen LogP contribution < -0.4 is 11.5 Å². The maximum absolute atomic E-state index is 5.97. The Kier molecular flexibility index (Phi) is 15.9. The zero-order chi connectivity index (χ0) is 36.4. The summed E-state index contributed by atoms with van der Waals surface area (Å²) < 4.78 is 0. The molecule has 274 valence electrons. The highest BCUT2D eigenvalue weighted by Crippen LogP contribution is 2.25. The minimum absolute atomic E-state index is 0.828. The molecule has 0 aliphatic carbocycles. The van der Waals surface area contributed by atoms with Gasteiger partial charge in [0, 0.05) is 11.4 Å². The predicted octanol–water partition coefficient (Wildman–Crippen LogP) is 13.0. The molecule has 0 aliphatic rings. The van der Waals surface area contributed by atoms with Gasteiger partial charge in [0.15, 0.2) is 0 Å². The van der Waals surface area contributed by atoms with Crippen LogP contribution in [0.25, 0.3) is 0 Å². The smallest absolute Gasteiger partial charge is 0.0314 e.